The zero-order valence-corrected chi connectivity index (χ0v) is 12.2. The summed E-state index contributed by atoms with van der Waals surface area (Å²) in [4.78, 5) is 0. The van der Waals surface area contributed by atoms with Crippen LogP contribution in [0.3, 0.4) is 0 Å². The predicted molar refractivity (Wildman–Crippen MR) is 76.6 cm³/mol. The third kappa shape index (κ3) is 3.39. The summed E-state index contributed by atoms with van der Waals surface area (Å²) in [5.41, 5.74) is 1.23. The van der Waals surface area contributed by atoms with Crippen LogP contribution >= 0.6 is 11.6 Å². The van der Waals surface area contributed by atoms with Crippen LogP contribution < -0.4 is 10.1 Å². The molecular formula is C15H22ClNO. The molecule has 100 valence electrons. The van der Waals surface area contributed by atoms with Gasteiger partial charge in [-0.15, -0.1) is 0 Å². The van der Waals surface area contributed by atoms with Crippen molar-refractivity contribution in [2.24, 2.45) is 5.92 Å². The van der Waals surface area contributed by atoms with Crippen LogP contribution in [0.15, 0.2) is 18.2 Å². The number of nitrogens with one attached hydrogen (secondary N) is 1. The van der Waals surface area contributed by atoms with Gasteiger partial charge in [0.05, 0.1) is 6.61 Å². The number of halogens is 1. The minimum Gasteiger partial charge on any atom is -0.493 e. The lowest BCUT2D eigenvalue weighted by Crippen LogP contribution is -2.18. The largest absolute Gasteiger partial charge is 0.493 e. The topological polar surface area (TPSA) is 21.3 Å². The Morgan fingerprint density at radius 2 is 2.17 bits per heavy atom. The summed E-state index contributed by atoms with van der Waals surface area (Å²) in [7, 11) is 0. The molecule has 1 aromatic rings. The Kier molecular flexibility index (Phi) is 4.18. The minimum atomic E-state index is 0.0498. The van der Waals surface area contributed by atoms with E-state index >= 15 is 0 Å². The van der Waals surface area contributed by atoms with Crippen molar-refractivity contribution in [3.8, 4) is 5.75 Å². The maximum atomic E-state index is 6.08. The van der Waals surface area contributed by atoms with Gasteiger partial charge in [-0.1, -0.05) is 32.4 Å². The van der Waals surface area contributed by atoms with Gasteiger partial charge in [0.1, 0.15) is 5.75 Å². The standard InChI is InChI=1S/C15H22ClNO/c1-15(2,3)13-8-12(16)4-5-14(13)18-10-11-6-7-17-9-11/h4-5,8,11,17H,6-7,9-10H2,1-3H3. The lowest BCUT2D eigenvalue weighted by Gasteiger charge is -2.24. The number of rotatable bonds is 3. The van der Waals surface area contributed by atoms with Gasteiger partial charge in [0, 0.05) is 23.0 Å². The Hall–Kier alpha value is -0.730. The number of hydrogen-bond donors (Lipinski definition) is 1. The summed E-state index contributed by atoms with van der Waals surface area (Å²) >= 11 is 6.08. The average molecular weight is 268 g/mol. The fourth-order valence-electron chi connectivity index (χ4n) is 2.28. The Labute approximate surface area is 115 Å². The molecule has 1 unspecified atom stereocenters. The maximum absolute atomic E-state index is 6.08. The molecule has 2 rings (SSSR count). The van der Waals surface area contributed by atoms with Gasteiger partial charge in [-0.05, 0) is 36.6 Å². The number of benzene rings is 1. The quantitative estimate of drug-likeness (QED) is 0.903. The van der Waals surface area contributed by atoms with E-state index in [1.54, 1.807) is 0 Å². The van der Waals surface area contributed by atoms with Crippen LogP contribution in [0.2, 0.25) is 5.02 Å². The summed E-state index contributed by atoms with van der Waals surface area (Å²) in [5, 5.41) is 4.13. The molecule has 1 aliphatic heterocycles. The zero-order chi connectivity index (χ0) is 13.2. The molecule has 0 amide bonds. The van der Waals surface area contributed by atoms with Gasteiger partial charge in [-0.25, -0.2) is 0 Å². The van der Waals surface area contributed by atoms with Crippen molar-refractivity contribution >= 4 is 11.6 Å². The summed E-state index contributed by atoms with van der Waals surface area (Å²) in [6, 6.07) is 5.91. The molecule has 1 aromatic carbocycles. The van der Waals surface area contributed by atoms with E-state index in [9.17, 15) is 0 Å². The third-order valence-corrected chi connectivity index (χ3v) is 3.62. The van der Waals surface area contributed by atoms with Gasteiger partial charge in [0.25, 0.3) is 0 Å². The van der Waals surface area contributed by atoms with Crippen LogP contribution in [0.4, 0.5) is 0 Å². The Morgan fingerprint density at radius 1 is 1.39 bits per heavy atom. The molecule has 0 bridgehead atoms. The lowest BCUT2D eigenvalue weighted by molar-refractivity contribution is 0.254. The van der Waals surface area contributed by atoms with E-state index in [0.29, 0.717) is 5.92 Å². The molecule has 0 radical (unpaired) electrons. The smallest absolute Gasteiger partial charge is 0.123 e. The van der Waals surface area contributed by atoms with Gasteiger partial charge >= 0.3 is 0 Å². The van der Waals surface area contributed by atoms with Gasteiger partial charge in [-0.3, -0.25) is 0 Å². The van der Waals surface area contributed by atoms with Crippen molar-refractivity contribution in [2.45, 2.75) is 32.6 Å². The summed E-state index contributed by atoms with van der Waals surface area (Å²) in [5.74, 6) is 1.60. The molecule has 1 heterocycles. The van der Waals surface area contributed by atoms with Crippen LogP contribution in [-0.4, -0.2) is 19.7 Å². The minimum absolute atomic E-state index is 0.0498. The molecule has 0 saturated carbocycles. The molecule has 1 saturated heterocycles. The summed E-state index contributed by atoms with van der Waals surface area (Å²) in [6.07, 6.45) is 1.21. The highest BCUT2D eigenvalue weighted by molar-refractivity contribution is 6.30. The van der Waals surface area contributed by atoms with E-state index < -0.39 is 0 Å². The number of ether oxygens (including phenoxy) is 1. The molecule has 0 aromatic heterocycles. The van der Waals surface area contributed by atoms with Gasteiger partial charge < -0.3 is 10.1 Å². The highest BCUT2D eigenvalue weighted by Gasteiger charge is 2.21. The second-order valence-corrected chi connectivity index (χ2v) is 6.50. The first-order valence-corrected chi connectivity index (χ1v) is 6.98. The molecule has 3 heteroatoms. The van der Waals surface area contributed by atoms with E-state index in [1.165, 1.54) is 12.0 Å². The third-order valence-electron chi connectivity index (χ3n) is 3.39. The second kappa shape index (κ2) is 5.50. The fraction of sp³-hybridized carbons (Fsp3) is 0.600. The van der Waals surface area contributed by atoms with Gasteiger partial charge in [-0.2, -0.15) is 0 Å². The normalized spacial score (nSPS) is 20.1. The monoisotopic (exact) mass is 267 g/mol. The molecule has 2 nitrogen and oxygen atoms in total. The molecule has 1 aliphatic rings. The average Bonchev–Trinajstić information content (AvgIpc) is 2.79. The van der Waals surface area contributed by atoms with Crippen LogP contribution in [0.25, 0.3) is 0 Å². The molecule has 1 N–H and O–H groups in total. The van der Waals surface area contributed by atoms with Gasteiger partial charge in [0.2, 0.25) is 0 Å². The highest BCUT2D eigenvalue weighted by Crippen LogP contribution is 2.33. The van der Waals surface area contributed by atoms with Crippen molar-refractivity contribution in [2.75, 3.05) is 19.7 Å². The van der Waals surface area contributed by atoms with Crippen molar-refractivity contribution < 1.29 is 4.74 Å². The fourth-order valence-corrected chi connectivity index (χ4v) is 2.45. The molecule has 1 fully saturated rings. The molecule has 1 atom stereocenters. The van der Waals surface area contributed by atoms with Gasteiger partial charge in [0.15, 0.2) is 0 Å². The van der Waals surface area contributed by atoms with E-state index in [2.05, 4.69) is 26.1 Å². The lowest BCUT2D eigenvalue weighted by atomic mass is 9.86. The van der Waals surface area contributed by atoms with Crippen molar-refractivity contribution in [1.82, 2.24) is 5.32 Å². The van der Waals surface area contributed by atoms with Crippen LogP contribution in [0.1, 0.15) is 32.8 Å². The maximum Gasteiger partial charge on any atom is 0.123 e. The molecule has 0 spiro atoms. The first-order valence-electron chi connectivity index (χ1n) is 6.60. The predicted octanol–water partition coefficient (Wildman–Crippen LogP) is 3.63. The van der Waals surface area contributed by atoms with E-state index in [-0.39, 0.29) is 5.41 Å². The van der Waals surface area contributed by atoms with Crippen LogP contribution in [0, 0.1) is 5.92 Å². The van der Waals surface area contributed by atoms with Crippen molar-refractivity contribution in [3.63, 3.8) is 0 Å². The molecule has 18 heavy (non-hydrogen) atoms. The van der Waals surface area contributed by atoms with Crippen LogP contribution in [0.5, 0.6) is 5.75 Å². The first-order chi connectivity index (χ1) is 8.47. The molecular weight excluding hydrogens is 246 g/mol. The molecule has 0 aliphatic carbocycles. The second-order valence-electron chi connectivity index (χ2n) is 6.06. The zero-order valence-electron chi connectivity index (χ0n) is 11.4. The Bertz CT molecular complexity index is 405. The van der Waals surface area contributed by atoms with E-state index in [4.69, 9.17) is 16.3 Å². The highest BCUT2D eigenvalue weighted by atomic mass is 35.5. The van der Waals surface area contributed by atoms with Crippen molar-refractivity contribution in [3.05, 3.63) is 28.8 Å². The first kappa shape index (κ1) is 13.7. The Balaban J connectivity index is 2.11. The SMILES string of the molecule is CC(C)(C)c1cc(Cl)ccc1OCC1CCNC1. The Morgan fingerprint density at radius 3 is 2.78 bits per heavy atom. The summed E-state index contributed by atoms with van der Waals surface area (Å²) in [6.45, 7) is 9.52. The van der Waals surface area contributed by atoms with Crippen LogP contribution in [-0.2, 0) is 5.41 Å². The van der Waals surface area contributed by atoms with E-state index in [0.717, 1.165) is 30.5 Å². The van der Waals surface area contributed by atoms with Crippen molar-refractivity contribution in [1.29, 1.82) is 0 Å². The number of hydrogen-bond acceptors (Lipinski definition) is 2. The van der Waals surface area contributed by atoms with E-state index in [1.807, 2.05) is 18.2 Å². The summed E-state index contributed by atoms with van der Waals surface area (Å²) < 4.78 is 6.00.